The summed E-state index contributed by atoms with van der Waals surface area (Å²) in [7, 11) is -1.00. The Labute approximate surface area is 414 Å². The average Bonchev–Trinajstić information content (AvgIpc) is 3.11. The summed E-state index contributed by atoms with van der Waals surface area (Å²) in [5.74, 6) is -3.58. The Balaban J connectivity index is -0.000000165. The number of rotatable bonds is 8. The molecule has 14 N–H and O–H groups in total. The first-order valence-corrected chi connectivity index (χ1v) is 21.4. The Hall–Kier alpha value is -4.53. The van der Waals surface area contributed by atoms with Gasteiger partial charge in [-0.05, 0) is 94.0 Å². The Morgan fingerprint density at radius 1 is 0.723 bits per heavy atom. The molecular weight excluding hydrogens is 1090 g/mol. The molecule has 0 saturated heterocycles. The minimum Gasteiger partial charge on any atom is -0.477 e. The van der Waals surface area contributed by atoms with E-state index in [1.54, 1.807) is 13.8 Å². The topological polar surface area (TPSA) is 425 Å². The number of aromatic carboxylic acids is 1. The monoisotopic (exact) mass is 1120 g/mol. The summed E-state index contributed by atoms with van der Waals surface area (Å²) >= 11 is 46.2. The van der Waals surface area contributed by atoms with E-state index in [2.05, 4.69) is 74.7 Å². The van der Waals surface area contributed by atoms with Gasteiger partial charge in [0.05, 0.1) is 14.6 Å². The van der Waals surface area contributed by atoms with E-state index in [1.165, 1.54) is 18.2 Å². The van der Waals surface area contributed by atoms with Crippen LogP contribution in [0.15, 0.2) is 33.9 Å². The molecule has 0 bridgehead atoms. The van der Waals surface area contributed by atoms with E-state index in [0.29, 0.717) is 0 Å². The van der Waals surface area contributed by atoms with E-state index < -0.39 is 76.2 Å². The number of primary amides is 4. The number of aromatic nitrogens is 8. The summed E-state index contributed by atoms with van der Waals surface area (Å²) in [5, 5.41) is 6.89. The lowest BCUT2D eigenvalue weighted by Crippen LogP contribution is -2.33. The third kappa shape index (κ3) is 38.5. The van der Waals surface area contributed by atoms with Crippen molar-refractivity contribution in [1.82, 2.24) is 39.9 Å². The zero-order valence-electron chi connectivity index (χ0n) is 31.6. The van der Waals surface area contributed by atoms with Crippen molar-refractivity contribution in [2.75, 3.05) is 12.5 Å². The molecule has 0 spiro atoms. The molecule has 4 heterocycles. The van der Waals surface area contributed by atoms with Crippen LogP contribution in [0, 0.1) is 0 Å². The molecule has 0 radical (unpaired) electrons. The van der Waals surface area contributed by atoms with E-state index in [4.69, 9.17) is 99.0 Å². The van der Waals surface area contributed by atoms with E-state index >= 15 is 0 Å². The molecule has 24 nitrogen and oxygen atoms in total. The molecule has 4 aromatic rings. The number of aromatic amines is 2. The van der Waals surface area contributed by atoms with Crippen molar-refractivity contribution < 1.29 is 44.2 Å². The van der Waals surface area contributed by atoms with Gasteiger partial charge in [0.2, 0.25) is 27.7 Å². The van der Waals surface area contributed by atoms with Gasteiger partial charge in [0, 0.05) is 24.3 Å². The summed E-state index contributed by atoms with van der Waals surface area (Å²) in [6.07, 6.45) is 0. The third-order valence-corrected chi connectivity index (χ3v) is 6.06. The number of nitrogens with one attached hydrogen (secondary N) is 3. The van der Waals surface area contributed by atoms with E-state index in [-0.39, 0.29) is 71.3 Å². The Kier molecular flexibility index (Phi) is 39.2. The summed E-state index contributed by atoms with van der Waals surface area (Å²) in [6, 6.07) is 3.41. The van der Waals surface area contributed by atoms with Gasteiger partial charge in [0.25, 0.3) is 22.6 Å². The second kappa shape index (κ2) is 36.7. The maximum atomic E-state index is 10.9. The van der Waals surface area contributed by atoms with Gasteiger partial charge in [-0.1, -0.05) is 45.5 Å². The van der Waals surface area contributed by atoms with Crippen LogP contribution in [0.5, 0.6) is 0 Å². The molecule has 0 aliphatic rings. The lowest BCUT2D eigenvalue weighted by molar-refractivity contribution is -0.119. The molecular formula is C30H41Cl9FN14O10P. The molecule has 0 aromatic carbocycles. The predicted octanol–water partition coefficient (Wildman–Crippen LogP) is 5.44. The Morgan fingerprint density at radius 2 is 1.08 bits per heavy atom. The largest absolute Gasteiger partial charge is 0.477 e. The second-order valence-corrected chi connectivity index (χ2v) is 18.5. The summed E-state index contributed by atoms with van der Waals surface area (Å²) in [5.41, 5.74) is 22.6. The summed E-state index contributed by atoms with van der Waals surface area (Å²) < 4.78 is 25.0. The fraction of sp³-hybridized carbons (Fsp3) is 0.267. The quantitative estimate of drug-likeness (QED) is 0.0458. The highest BCUT2D eigenvalue weighted by Crippen LogP contribution is 2.61. The third-order valence-electron chi connectivity index (χ3n) is 4.97. The number of nitrogens with zero attached hydrogens (tertiary/aromatic N) is 6. The van der Waals surface area contributed by atoms with Crippen LogP contribution in [-0.4, -0.2) is 99.1 Å². The van der Waals surface area contributed by atoms with Crippen LogP contribution in [-0.2, 0) is 14.2 Å². The van der Waals surface area contributed by atoms with Crippen molar-refractivity contribution in [3.8, 4) is 0 Å². The Bertz CT molecular complexity index is 2230. The number of alkyl halides is 1. The SMILES string of the molecule is C.C.C.C[C@H](N)C(N)=O.C[C@H](Nc1cc(C(N)=O)nc(Cl)n1)C(N)=O.NC(=O)c1cc(Cl)nc(Cl)n1.O=C(Cl)c1cc(Cl)nc(Cl)n1.O=C(O)c1cc(=O)[nH]c(=O)[nH]1.O=P(Cl)(Cl)Cl.[2H]CF. The van der Waals surface area contributed by atoms with Gasteiger partial charge in [-0.3, -0.25) is 42.7 Å². The molecule has 4 amide bonds. The molecule has 0 aliphatic heterocycles. The Morgan fingerprint density at radius 3 is 1.38 bits per heavy atom. The number of halogens is 10. The van der Waals surface area contributed by atoms with Crippen molar-refractivity contribution >= 4 is 149 Å². The zero-order chi connectivity index (χ0) is 49.9. The first-order chi connectivity index (χ1) is 28.7. The number of amides is 4. The number of carboxylic acids is 1. The highest BCUT2D eigenvalue weighted by atomic mass is 36.0. The molecule has 4 rings (SSSR count). The minimum absolute atomic E-state index is 0. The lowest BCUT2D eigenvalue weighted by Gasteiger charge is -2.10. The number of H-pyrrole nitrogens is 2. The maximum absolute atomic E-state index is 10.9. The molecule has 0 aliphatic carbocycles. The number of nitrogens with two attached hydrogens (primary N) is 5. The lowest BCUT2D eigenvalue weighted by atomic mass is 10.3. The number of carboxylic acid groups (broad SMARTS) is 1. The first-order valence-electron chi connectivity index (χ1n) is 15.4. The van der Waals surface area contributed by atoms with Crippen LogP contribution in [0.25, 0.3) is 0 Å². The number of hydrogen-bond acceptors (Lipinski definition) is 17. The van der Waals surface area contributed by atoms with Crippen molar-refractivity contribution in [2.24, 2.45) is 28.7 Å². The van der Waals surface area contributed by atoms with Gasteiger partial charge in [0.15, 0.2) is 0 Å². The van der Waals surface area contributed by atoms with E-state index in [1.807, 2.05) is 9.97 Å². The molecule has 4 aromatic heterocycles. The van der Waals surface area contributed by atoms with Crippen molar-refractivity contribution in [2.45, 2.75) is 48.2 Å². The minimum atomic E-state index is -3.22. The molecule has 65 heavy (non-hydrogen) atoms. The molecule has 0 unspecified atom stereocenters. The molecule has 0 fully saturated rings. The van der Waals surface area contributed by atoms with Crippen molar-refractivity contribution in [3.63, 3.8) is 0 Å². The number of carbonyl (C=O) groups excluding carboxylic acids is 5. The maximum Gasteiger partial charge on any atom is 0.352 e. The van der Waals surface area contributed by atoms with E-state index in [0.717, 1.165) is 6.07 Å². The van der Waals surface area contributed by atoms with Gasteiger partial charge in [-0.2, -0.15) is 0 Å². The van der Waals surface area contributed by atoms with Gasteiger partial charge in [0.1, 0.15) is 44.9 Å². The van der Waals surface area contributed by atoms with Gasteiger partial charge in [-0.15, -0.1) is 0 Å². The van der Waals surface area contributed by atoms with Gasteiger partial charge < -0.3 is 44.1 Å². The van der Waals surface area contributed by atoms with Crippen LogP contribution >= 0.6 is 109 Å². The average molecular weight is 1130 g/mol. The molecule has 0 saturated carbocycles. The fourth-order valence-electron chi connectivity index (χ4n) is 2.50. The number of hydrogen-bond donors (Lipinski definition) is 9. The highest BCUT2D eigenvalue weighted by molar-refractivity contribution is 8.24. The van der Waals surface area contributed by atoms with Crippen LogP contribution in [0.1, 0.15) is 79.5 Å². The fourth-order valence-corrected chi connectivity index (χ4v) is 3.60. The van der Waals surface area contributed by atoms with Gasteiger partial charge >= 0.3 is 16.9 Å². The van der Waals surface area contributed by atoms with Crippen LogP contribution in [0.4, 0.5) is 10.2 Å². The van der Waals surface area contributed by atoms with Crippen LogP contribution in [0.2, 0.25) is 26.2 Å². The van der Waals surface area contributed by atoms with E-state index in [9.17, 15) is 47.3 Å². The predicted molar refractivity (Wildman–Crippen MR) is 251 cm³/mol. The smallest absolute Gasteiger partial charge is 0.352 e. The zero-order valence-corrected chi connectivity index (χ0v) is 38.3. The van der Waals surface area contributed by atoms with Crippen LogP contribution < -0.4 is 45.2 Å². The summed E-state index contributed by atoms with van der Waals surface area (Å²) in [4.78, 5) is 109. The molecule has 2 atom stereocenters. The number of anilines is 1. The van der Waals surface area contributed by atoms with Crippen LogP contribution in [0.3, 0.4) is 0 Å². The van der Waals surface area contributed by atoms with Gasteiger partial charge in [-0.25, -0.2) is 39.5 Å². The number of carbonyl (C=O) groups is 6. The van der Waals surface area contributed by atoms with Crippen molar-refractivity contribution in [3.05, 3.63) is 94.0 Å². The standard InChI is InChI=1S/C8H10ClN5O2.C5HCl3N2O.C5H3Cl2N3O.C5H4N2O4.C3H8N2O.CH3F.3CH4.Cl3OP/c1-3(6(10)15)12-5-2-4(7(11)16)13-8(9)14-5;6-3-1-2(4(7)11)9-5(8)10-3;6-3-1-2(4(8)11)9-5(7)10-3;8-3-1-2(4(9)10)6-5(11)7-3;1-2(4)3(5)6;1-2;;;;1-5(2,3)4/h2-3H,1H3,(H2,10,15)(H2,11,16)(H,12,13,14);1H;1H,(H2,8,11);1H,(H,9,10)(H2,6,7,8,11);2H,4H2,1H3,(H2,5,6);1H3;3*1H4;/t3-;;;;2-;;;;;/m0...0...../s1/i;;;;;1D;;;;. The molecule has 366 valence electrons. The van der Waals surface area contributed by atoms with Crippen molar-refractivity contribution in [1.29, 1.82) is 0 Å². The first kappa shape index (κ1) is 69.5. The highest BCUT2D eigenvalue weighted by Gasteiger charge is 2.13. The molecule has 35 heteroatoms. The second-order valence-electron chi connectivity index (χ2n) is 9.76. The normalized spacial score (nSPS) is 10.3. The summed E-state index contributed by atoms with van der Waals surface area (Å²) in [6.45, 7) is 3.09.